The minimum atomic E-state index is 0.185. The fourth-order valence-electron chi connectivity index (χ4n) is 1.96. The van der Waals surface area contributed by atoms with E-state index in [0.717, 1.165) is 20.8 Å². The third-order valence-corrected chi connectivity index (χ3v) is 3.87. The summed E-state index contributed by atoms with van der Waals surface area (Å²) in [6.45, 7) is 0. The average molecular weight is 268 g/mol. The maximum Gasteiger partial charge on any atom is 0.144 e. The van der Waals surface area contributed by atoms with Crippen molar-refractivity contribution in [1.29, 1.82) is 0 Å². The van der Waals surface area contributed by atoms with Gasteiger partial charge in [0, 0.05) is 18.8 Å². The van der Waals surface area contributed by atoms with Gasteiger partial charge in [-0.1, -0.05) is 12.1 Å². The Morgan fingerprint density at radius 3 is 2.63 bits per heavy atom. The summed E-state index contributed by atoms with van der Waals surface area (Å²) < 4.78 is 1.13. The van der Waals surface area contributed by atoms with E-state index in [1.807, 2.05) is 36.4 Å². The van der Waals surface area contributed by atoms with Gasteiger partial charge in [-0.15, -0.1) is 11.3 Å². The summed E-state index contributed by atoms with van der Waals surface area (Å²) in [6.07, 6.45) is 4.26. The number of Topliss-reactive ketones (excluding diaryl/α,β-unsaturated/α-hetero) is 1. The van der Waals surface area contributed by atoms with Gasteiger partial charge in [0.25, 0.3) is 0 Å². The average Bonchev–Trinajstić information content (AvgIpc) is 2.81. The molecule has 0 fully saturated rings. The smallest absolute Gasteiger partial charge is 0.144 e. The highest BCUT2D eigenvalue weighted by molar-refractivity contribution is 7.18. The van der Waals surface area contributed by atoms with Crippen molar-refractivity contribution in [3.8, 4) is 0 Å². The first-order valence-electron chi connectivity index (χ1n) is 6.06. The fraction of sp³-hybridized carbons (Fsp3) is 0.133. The van der Waals surface area contributed by atoms with Crippen molar-refractivity contribution in [1.82, 2.24) is 9.97 Å². The van der Waals surface area contributed by atoms with Gasteiger partial charge in [0.1, 0.15) is 10.8 Å². The van der Waals surface area contributed by atoms with E-state index in [1.54, 1.807) is 23.7 Å². The quantitative estimate of drug-likeness (QED) is 0.730. The molecule has 0 saturated heterocycles. The van der Waals surface area contributed by atoms with Crippen LogP contribution in [-0.4, -0.2) is 15.8 Å². The summed E-state index contributed by atoms with van der Waals surface area (Å²) >= 11 is 1.59. The van der Waals surface area contributed by atoms with Gasteiger partial charge in [0.2, 0.25) is 0 Å². The van der Waals surface area contributed by atoms with Gasteiger partial charge < -0.3 is 0 Å². The van der Waals surface area contributed by atoms with Crippen molar-refractivity contribution in [2.75, 3.05) is 0 Å². The van der Waals surface area contributed by atoms with Crippen LogP contribution in [0, 0.1) is 0 Å². The number of nitrogens with zero attached hydrogens (tertiary/aromatic N) is 2. The molecule has 0 amide bonds. The van der Waals surface area contributed by atoms with Gasteiger partial charge in [-0.05, 0) is 29.8 Å². The molecule has 0 saturated carbocycles. The topological polar surface area (TPSA) is 42.9 Å². The summed E-state index contributed by atoms with van der Waals surface area (Å²) in [5.41, 5.74) is 1.97. The Bertz CT molecular complexity index is 673. The fourth-order valence-corrected chi connectivity index (χ4v) is 2.95. The molecule has 94 valence electrons. The zero-order valence-electron chi connectivity index (χ0n) is 10.2. The normalized spacial score (nSPS) is 10.7. The minimum absolute atomic E-state index is 0.185. The molecule has 0 bridgehead atoms. The Balaban J connectivity index is 1.72. The number of benzene rings is 1. The standard InChI is InChI=1S/C15H12N2OS/c18-12(9-11-5-7-16-8-6-11)10-15-17-13-3-1-2-4-14(13)19-15/h1-8H,9-10H2. The molecular weight excluding hydrogens is 256 g/mol. The first-order valence-corrected chi connectivity index (χ1v) is 6.88. The molecule has 0 atom stereocenters. The van der Waals surface area contributed by atoms with E-state index in [0.29, 0.717) is 12.8 Å². The Labute approximate surface area is 115 Å². The SMILES string of the molecule is O=C(Cc1ccncc1)Cc1nc2ccccc2s1. The van der Waals surface area contributed by atoms with Gasteiger partial charge in [0.05, 0.1) is 16.6 Å². The molecule has 2 aromatic heterocycles. The van der Waals surface area contributed by atoms with E-state index in [4.69, 9.17) is 0 Å². The van der Waals surface area contributed by atoms with E-state index in [2.05, 4.69) is 9.97 Å². The monoisotopic (exact) mass is 268 g/mol. The molecule has 1 aromatic carbocycles. The Morgan fingerprint density at radius 2 is 1.84 bits per heavy atom. The van der Waals surface area contributed by atoms with Crippen LogP contribution in [0.5, 0.6) is 0 Å². The summed E-state index contributed by atoms with van der Waals surface area (Å²) in [6, 6.07) is 11.7. The van der Waals surface area contributed by atoms with Crippen LogP contribution in [0.25, 0.3) is 10.2 Å². The predicted molar refractivity (Wildman–Crippen MR) is 76.3 cm³/mol. The van der Waals surface area contributed by atoms with Crippen LogP contribution in [0.3, 0.4) is 0 Å². The molecule has 0 aliphatic carbocycles. The zero-order valence-corrected chi connectivity index (χ0v) is 11.1. The zero-order chi connectivity index (χ0) is 13.1. The van der Waals surface area contributed by atoms with Crippen molar-refractivity contribution < 1.29 is 4.79 Å². The second-order valence-electron chi connectivity index (χ2n) is 4.32. The number of hydrogen-bond acceptors (Lipinski definition) is 4. The minimum Gasteiger partial charge on any atom is -0.299 e. The van der Waals surface area contributed by atoms with Gasteiger partial charge in [0.15, 0.2) is 0 Å². The molecule has 0 aliphatic rings. The molecule has 3 nitrogen and oxygen atoms in total. The maximum atomic E-state index is 12.0. The number of para-hydroxylation sites is 1. The molecule has 0 N–H and O–H groups in total. The van der Waals surface area contributed by atoms with Gasteiger partial charge >= 0.3 is 0 Å². The molecule has 3 aromatic rings. The molecule has 4 heteroatoms. The van der Waals surface area contributed by atoms with Gasteiger partial charge in [-0.25, -0.2) is 4.98 Å². The first-order chi connectivity index (χ1) is 9.31. The number of hydrogen-bond donors (Lipinski definition) is 0. The van der Waals surface area contributed by atoms with Crippen LogP contribution in [0.15, 0.2) is 48.8 Å². The molecule has 19 heavy (non-hydrogen) atoms. The molecule has 0 unspecified atom stereocenters. The first kappa shape index (κ1) is 12.0. The Kier molecular flexibility index (Phi) is 3.33. The maximum absolute atomic E-state index is 12.0. The third-order valence-electron chi connectivity index (χ3n) is 2.84. The number of aromatic nitrogens is 2. The van der Waals surface area contributed by atoms with E-state index in [1.165, 1.54) is 0 Å². The van der Waals surface area contributed by atoms with Crippen LogP contribution in [-0.2, 0) is 17.6 Å². The van der Waals surface area contributed by atoms with Crippen molar-refractivity contribution in [2.45, 2.75) is 12.8 Å². The van der Waals surface area contributed by atoms with Crippen LogP contribution in [0.2, 0.25) is 0 Å². The number of fused-ring (bicyclic) bond motifs is 1. The highest BCUT2D eigenvalue weighted by atomic mass is 32.1. The lowest BCUT2D eigenvalue weighted by atomic mass is 10.1. The van der Waals surface area contributed by atoms with Crippen LogP contribution >= 0.6 is 11.3 Å². The van der Waals surface area contributed by atoms with Crippen molar-refractivity contribution >= 4 is 27.3 Å². The Hall–Kier alpha value is -2.07. The lowest BCUT2D eigenvalue weighted by Gasteiger charge is -1.98. The van der Waals surface area contributed by atoms with Gasteiger partial charge in [-0.3, -0.25) is 9.78 Å². The predicted octanol–water partition coefficient (Wildman–Crippen LogP) is 3.05. The molecular formula is C15H12N2OS. The Morgan fingerprint density at radius 1 is 1.05 bits per heavy atom. The largest absolute Gasteiger partial charge is 0.299 e. The number of carbonyl (C=O) groups is 1. The molecule has 0 spiro atoms. The lowest BCUT2D eigenvalue weighted by molar-refractivity contribution is -0.117. The summed E-state index contributed by atoms with van der Waals surface area (Å²) in [5, 5.41) is 0.889. The second-order valence-corrected chi connectivity index (χ2v) is 5.44. The number of thiazole rings is 1. The second kappa shape index (κ2) is 5.28. The third kappa shape index (κ3) is 2.85. The summed E-state index contributed by atoms with van der Waals surface area (Å²) in [4.78, 5) is 20.4. The summed E-state index contributed by atoms with van der Waals surface area (Å²) in [7, 11) is 0. The van der Waals surface area contributed by atoms with E-state index in [-0.39, 0.29) is 5.78 Å². The number of rotatable bonds is 4. The number of carbonyl (C=O) groups excluding carboxylic acids is 1. The molecule has 0 radical (unpaired) electrons. The van der Waals surface area contributed by atoms with Crippen molar-refractivity contribution in [3.05, 3.63) is 59.4 Å². The molecule has 2 heterocycles. The van der Waals surface area contributed by atoms with Crippen molar-refractivity contribution in [2.24, 2.45) is 0 Å². The number of ketones is 1. The van der Waals surface area contributed by atoms with E-state index < -0.39 is 0 Å². The van der Waals surface area contributed by atoms with Crippen LogP contribution < -0.4 is 0 Å². The van der Waals surface area contributed by atoms with Crippen molar-refractivity contribution in [3.63, 3.8) is 0 Å². The molecule has 3 rings (SSSR count). The van der Waals surface area contributed by atoms with Crippen LogP contribution in [0.4, 0.5) is 0 Å². The highest BCUT2D eigenvalue weighted by Crippen LogP contribution is 2.22. The highest BCUT2D eigenvalue weighted by Gasteiger charge is 2.09. The number of pyridine rings is 1. The lowest BCUT2D eigenvalue weighted by Crippen LogP contribution is -2.06. The van der Waals surface area contributed by atoms with E-state index in [9.17, 15) is 4.79 Å². The van der Waals surface area contributed by atoms with Crippen LogP contribution in [0.1, 0.15) is 10.6 Å². The summed E-state index contributed by atoms with van der Waals surface area (Å²) in [5.74, 6) is 0.185. The van der Waals surface area contributed by atoms with Gasteiger partial charge in [-0.2, -0.15) is 0 Å². The molecule has 0 aliphatic heterocycles. The van der Waals surface area contributed by atoms with E-state index >= 15 is 0 Å².